The maximum absolute atomic E-state index is 6.17. The van der Waals surface area contributed by atoms with Crippen molar-refractivity contribution in [1.82, 2.24) is 0 Å². The molecular formula is C19H20BN2O+. The van der Waals surface area contributed by atoms with Gasteiger partial charge in [0.1, 0.15) is 11.2 Å². The second-order valence-electron chi connectivity index (χ2n) is 6.38. The van der Waals surface area contributed by atoms with Crippen LogP contribution in [0.15, 0.2) is 52.7 Å². The summed E-state index contributed by atoms with van der Waals surface area (Å²) in [5, 5.41) is 1.20. The predicted octanol–water partition coefficient (Wildman–Crippen LogP) is 3.28. The zero-order valence-corrected chi connectivity index (χ0v) is 14.0. The van der Waals surface area contributed by atoms with Crippen molar-refractivity contribution in [3.8, 4) is 0 Å². The van der Waals surface area contributed by atoms with Gasteiger partial charge in [-0.2, -0.15) is 0 Å². The van der Waals surface area contributed by atoms with Crippen molar-refractivity contribution in [2.45, 2.75) is 20.7 Å². The fourth-order valence-electron chi connectivity index (χ4n) is 3.61. The number of aromatic nitrogens is 1. The number of nitrogens with zero attached hydrogens (tertiary/aromatic N) is 2. The fraction of sp³-hybridized carbons (Fsp3) is 0.211. The summed E-state index contributed by atoms with van der Waals surface area (Å²) in [6.45, 7) is 6.65. The number of pyridine rings is 1. The van der Waals surface area contributed by atoms with Crippen molar-refractivity contribution < 1.29 is 8.98 Å². The summed E-state index contributed by atoms with van der Waals surface area (Å²) in [6.07, 6.45) is 4.39. The van der Waals surface area contributed by atoms with Crippen molar-refractivity contribution in [1.29, 1.82) is 0 Å². The van der Waals surface area contributed by atoms with E-state index < -0.39 is 0 Å². The van der Waals surface area contributed by atoms with Crippen LogP contribution in [-0.4, -0.2) is 6.85 Å². The van der Waals surface area contributed by atoms with Gasteiger partial charge in [0, 0.05) is 17.0 Å². The van der Waals surface area contributed by atoms with Crippen molar-refractivity contribution in [2.75, 3.05) is 4.81 Å². The summed E-state index contributed by atoms with van der Waals surface area (Å²) in [5.41, 5.74) is 5.71. The Morgan fingerprint density at radius 1 is 1.09 bits per heavy atom. The Labute approximate surface area is 136 Å². The average molecular weight is 303 g/mol. The molecule has 0 atom stereocenters. The number of allylic oxidation sites excluding steroid dienone is 1. The standard InChI is InChI=1S/C19H20BN2O/c1-13-9-10-18(21(4)12-13)22-14(2)11-16-15-7-5-6-8-17(15)23-19(16)20(22)3/h5-12H,1-4H3/q+1. The molecule has 23 heavy (non-hydrogen) atoms. The van der Waals surface area contributed by atoms with E-state index in [0.29, 0.717) is 0 Å². The van der Waals surface area contributed by atoms with Crippen LogP contribution >= 0.6 is 0 Å². The van der Waals surface area contributed by atoms with Crippen LogP contribution < -0.4 is 15.0 Å². The van der Waals surface area contributed by atoms with Crippen molar-refractivity contribution in [2.24, 2.45) is 7.05 Å². The van der Waals surface area contributed by atoms with Crippen LogP contribution in [0.3, 0.4) is 0 Å². The molecule has 0 radical (unpaired) electrons. The number of hydrogen-bond acceptors (Lipinski definition) is 2. The van der Waals surface area contributed by atoms with Gasteiger partial charge in [0.15, 0.2) is 0 Å². The SMILES string of the molecule is CB1c2oc3ccccc3c2C=C(C)N1c1ccc(C)c[n+]1C. The summed E-state index contributed by atoms with van der Waals surface area (Å²) >= 11 is 0. The fourth-order valence-corrected chi connectivity index (χ4v) is 3.61. The van der Waals surface area contributed by atoms with Gasteiger partial charge >= 0.3 is 6.85 Å². The quantitative estimate of drug-likeness (QED) is 0.508. The van der Waals surface area contributed by atoms with Gasteiger partial charge < -0.3 is 4.42 Å². The third kappa shape index (κ3) is 2.09. The molecule has 1 aliphatic heterocycles. The summed E-state index contributed by atoms with van der Waals surface area (Å²) in [5.74, 6) is 1.17. The van der Waals surface area contributed by atoms with Crippen LogP contribution in [0.2, 0.25) is 6.82 Å². The molecule has 1 aliphatic rings. The molecule has 3 heterocycles. The summed E-state index contributed by atoms with van der Waals surface area (Å²) in [6, 6.07) is 12.6. The largest absolute Gasteiger partial charge is 0.465 e. The molecule has 3 aromatic rings. The minimum atomic E-state index is 0.163. The van der Waals surface area contributed by atoms with Gasteiger partial charge in [-0.1, -0.05) is 18.2 Å². The predicted molar refractivity (Wildman–Crippen MR) is 96.0 cm³/mol. The maximum Gasteiger partial charge on any atom is 0.447 e. The molecule has 4 heteroatoms. The molecule has 4 rings (SSSR count). The van der Waals surface area contributed by atoms with Crippen molar-refractivity contribution in [3.63, 3.8) is 0 Å². The van der Waals surface area contributed by atoms with Crippen LogP contribution in [0.5, 0.6) is 0 Å². The van der Waals surface area contributed by atoms with E-state index in [0.717, 1.165) is 11.2 Å². The summed E-state index contributed by atoms with van der Waals surface area (Å²) in [4.78, 5) is 2.34. The Balaban J connectivity index is 1.90. The molecule has 0 saturated carbocycles. The molecule has 0 unspecified atom stereocenters. The van der Waals surface area contributed by atoms with Crippen molar-refractivity contribution in [3.05, 3.63) is 59.4 Å². The lowest BCUT2D eigenvalue weighted by molar-refractivity contribution is -0.658. The Hall–Kier alpha value is -2.49. The van der Waals surface area contributed by atoms with Gasteiger partial charge in [-0.3, -0.25) is 4.81 Å². The van der Waals surface area contributed by atoms with E-state index in [4.69, 9.17) is 4.42 Å². The third-order valence-corrected chi connectivity index (χ3v) is 4.66. The molecule has 0 fully saturated rings. The van der Waals surface area contributed by atoms with Gasteiger partial charge in [0.25, 0.3) is 5.82 Å². The monoisotopic (exact) mass is 303 g/mol. The van der Waals surface area contributed by atoms with Crippen LogP contribution in [0.4, 0.5) is 5.82 Å². The molecule has 114 valence electrons. The maximum atomic E-state index is 6.17. The molecule has 0 bridgehead atoms. The molecule has 0 saturated heterocycles. The first-order valence-corrected chi connectivity index (χ1v) is 8.01. The highest BCUT2D eigenvalue weighted by atomic mass is 16.3. The van der Waals surface area contributed by atoms with Crippen LogP contribution in [-0.2, 0) is 7.05 Å². The molecular weight excluding hydrogens is 283 g/mol. The number of furan rings is 1. The van der Waals surface area contributed by atoms with Crippen molar-refractivity contribution >= 4 is 35.4 Å². The van der Waals surface area contributed by atoms with E-state index in [1.165, 1.54) is 28.0 Å². The lowest BCUT2D eigenvalue weighted by Gasteiger charge is -2.26. The van der Waals surface area contributed by atoms with E-state index in [1.54, 1.807) is 0 Å². The molecule has 0 spiro atoms. The zero-order chi connectivity index (χ0) is 16.1. The average Bonchev–Trinajstić information content (AvgIpc) is 2.88. The molecule has 3 nitrogen and oxygen atoms in total. The van der Waals surface area contributed by atoms with E-state index in [2.05, 4.69) is 73.6 Å². The Bertz CT molecular complexity index is 942. The molecule has 0 amide bonds. The van der Waals surface area contributed by atoms with Gasteiger partial charge in [0.05, 0.1) is 18.9 Å². The van der Waals surface area contributed by atoms with E-state index in [9.17, 15) is 0 Å². The smallest absolute Gasteiger partial charge is 0.447 e. The van der Waals surface area contributed by atoms with Gasteiger partial charge in [-0.15, -0.1) is 0 Å². The normalized spacial score (nSPS) is 14.2. The lowest BCUT2D eigenvalue weighted by Crippen LogP contribution is -2.52. The minimum Gasteiger partial charge on any atom is -0.465 e. The Morgan fingerprint density at radius 3 is 2.65 bits per heavy atom. The van der Waals surface area contributed by atoms with Gasteiger partial charge in [-0.05, 0) is 44.4 Å². The van der Waals surface area contributed by atoms with E-state index in [-0.39, 0.29) is 6.85 Å². The number of aryl methyl sites for hydroxylation is 2. The highest BCUT2D eigenvalue weighted by molar-refractivity contribution is 6.76. The lowest BCUT2D eigenvalue weighted by atomic mass is 9.57. The summed E-state index contributed by atoms with van der Waals surface area (Å²) < 4.78 is 8.35. The number of benzene rings is 1. The first-order chi connectivity index (χ1) is 11.1. The molecule has 1 aromatic carbocycles. The Morgan fingerprint density at radius 2 is 1.87 bits per heavy atom. The van der Waals surface area contributed by atoms with Crippen LogP contribution in [0.25, 0.3) is 17.0 Å². The zero-order valence-electron chi connectivity index (χ0n) is 14.0. The van der Waals surface area contributed by atoms with Gasteiger partial charge in [-0.25, -0.2) is 4.57 Å². The molecule has 2 aromatic heterocycles. The second kappa shape index (κ2) is 5.02. The van der Waals surface area contributed by atoms with Crippen LogP contribution in [0.1, 0.15) is 18.1 Å². The highest BCUT2D eigenvalue weighted by Gasteiger charge is 2.40. The Kier molecular flexibility index (Phi) is 3.08. The number of hydrogen-bond donors (Lipinski definition) is 0. The highest BCUT2D eigenvalue weighted by Crippen LogP contribution is 2.29. The third-order valence-electron chi connectivity index (χ3n) is 4.66. The summed E-state index contributed by atoms with van der Waals surface area (Å²) in [7, 11) is 2.09. The van der Waals surface area contributed by atoms with Gasteiger partial charge in [0.2, 0.25) is 0 Å². The second-order valence-corrected chi connectivity index (χ2v) is 6.38. The first kappa shape index (κ1) is 14.1. The van der Waals surface area contributed by atoms with Crippen LogP contribution in [0, 0.1) is 6.92 Å². The number of para-hydroxylation sites is 1. The van der Waals surface area contributed by atoms with E-state index in [1.807, 2.05) is 12.1 Å². The topological polar surface area (TPSA) is 20.3 Å². The molecule has 0 N–H and O–H groups in total. The first-order valence-electron chi connectivity index (χ1n) is 8.01. The number of fused-ring (bicyclic) bond motifs is 3. The van der Waals surface area contributed by atoms with E-state index >= 15 is 0 Å². The number of anilines is 1. The molecule has 0 aliphatic carbocycles. The minimum absolute atomic E-state index is 0.163. The number of rotatable bonds is 1.